The summed E-state index contributed by atoms with van der Waals surface area (Å²) in [5.74, 6) is -0.0390. The average Bonchev–Trinajstić information content (AvgIpc) is 2.72. The largest absolute Gasteiger partial charge is 0.389 e. The fourth-order valence-electron chi connectivity index (χ4n) is 2.91. The molecule has 2 N–H and O–H groups in total. The van der Waals surface area contributed by atoms with Gasteiger partial charge in [-0.15, -0.1) is 0 Å². The van der Waals surface area contributed by atoms with Gasteiger partial charge in [0.1, 0.15) is 0 Å². The molecule has 0 aliphatic carbocycles. The number of para-hydroxylation sites is 1. The van der Waals surface area contributed by atoms with Crippen molar-refractivity contribution in [2.24, 2.45) is 0 Å². The molecule has 28 heavy (non-hydrogen) atoms. The van der Waals surface area contributed by atoms with Crippen LogP contribution < -0.4 is 16.3 Å². The van der Waals surface area contributed by atoms with Gasteiger partial charge in [0.05, 0.1) is 10.9 Å². The molecule has 0 spiro atoms. The van der Waals surface area contributed by atoms with Gasteiger partial charge in [-0.3, -0.25) is 4.79 Å². The highest BCUT2D eigenvalue weighted by atomic mass is 16.4. The molecule has 146 valence electrons. The Morgan fingerprint density at radius 3 is 2.61 bits per heavy atom. The summed E-state index contributed by atoms with van der Waals surface area (Å²) in [6, 6.07) is 14.8. The van der Waals surface area contributed by atoms with Crippen LogP contribution in [0, 0.1) is 0 Å². The number of benzene rings is 2. The molecule has 0 atom stereocenters. The van der Waals surface area contributed by atoms with Crippen molar-refractivity contribution >= 4 is 22.8 Å². The summed E-state index contributed by atoms with van der Waals surface area (Å²) in [6.45, 7) is 3.41. The summed E-state index contributed by atoms with van der Waals surface area (Å²) in [4.78, 5) is 28.4. The number of nitrogens with one attached hydrogen (secondary N) is 2. The molecule has 0 unspecified atom stereocenters. The third kappa shape index (κ3) is 5.19. The van der Waals surface area contributed by atoms with Crippen molar-refractivity contribution in [3.05, 3.63) is 70.1 Å². The smallest absolute Gasteiger partial charge is 0.348 e. The van der Waals surface area contributed by atoms with Crippen LogP contribution in [0.15, 0.2) is 57.7 Å². The van der Waals surface area contributed by atoms with Crippen LogP contribution in [0.3, 0.4) is 0 Å². The van der Waals surface area contributed by atoms with Crippen molar-refractivity contribution < 1.29 is 9.21 Å². The molecule has 3 rings (SSSR count). The number of hydrogen-bond donors (Lipinski definition) is 2. The van der Waals surface area contributed by atoms with Gasteiger partial charge in [-0.25, -0.2) is 4.79 Å². The number of rotatable bonds is 9. The lowest BCUT2D eigenvalue weighted by atomic mass is 10.1. The van der Waals surface area contributed by atoms with Crippen molar-refractivity contribution in [1.29, 1.82) is 0 Å². The van der Waals surface area contributed by atoms with Crippen molar-refractivity contribution in [2.75, 3.05) is 18.4 Å². The Morgan fingerprint density at radius 2 is 1.82 bits per heavy atom. The number of nitrogens with zero attached hydrogens (tertiary/aromatic N) is 1. The lowest BCUT2D eigenvalue weighted by Gasteiger charge is -2.07. The number of aromatic nitrogens is 1. The molecule has 3 aromatic rings. The minimum Gasteiger partial charge on any atom is -0.389 e. The highest BCUT2D eigenvalue weighted by Gasteiger charge is 2.06. The fourth-order valence-corrected chi connectivity index (χ4v) is 2.91. The first-order valence-electron chi connectivity index (χ1n) is 9.68. The number of carbonyl (C=O) groups is 1. The summed E-state index contributed by atoms with van der Waals surface area (Å²) in [6.07, 6.45) is 3.98. The van der Waals surface area contributed by atoms with E-state index in [0.717, 1.165) is 31.2 Å². The number of carbonyl (C=O) groups excluding carboxylic acids is 1. The molecular formula is C22H25N3O3. The van der Waals surface area contributed by atoms with Crippen LogP contribution >= 0.6 is 0 Å². The van der Waals surface area contributed by atoms with E-state index in [0.29, 0.717) is 29.6 Å². The number of amides is 1. The van der Waals surface area contributed by atoms with Gasteiger partial charge in [0.25, 0.3) is 11.9 Å². The summed E-state index contributed by atoms with van der Waals surface area (Å²) in [5, 5.41) is 6.45. The number of unbranched alkanes of at least 4 members (excludes halogenated alkanes) is 2. The second-order valence-electron chi connectivity index (χ2n) is 6.66. The van der Waals surface area contributed by atoms with E-state index >= 15 is 0 Å². The van der Waals surface area contributed by atoms with E-state index < -0.39 is 5.63 Å². The molecule has 1 amide bonds. The van der Waals surface area contributed by atoms with E-state index in [4.69, 9.17) is 4.42 Å². The van der Waals surface area contributed by atoms with Gasteiger partial charge < -0.3 is 15.1 Å². The van der Waals surface area contributed by atoms with E-state index in [1.54, 1.807) is 18.2 Å². The maximum Gasteiger partial charge on any atom is 0.348 e. The zero-order chi connectivity index (χ0) is 19.8. The Bertz CT molecular complexity index is 980. The quantitative estimate of drug-likeness (QED) is 0.553. The standard InChI is InChI=1S/C22H25N3O3/c1-2-3-6-14-23-20(26)17-11-9-16(10-12-17)13-15-24-22-25-19-8-5-4-7-18(19)21(27)28-22/h4-5,7-12H,2-3,6,13-15H2,1H3,(H,23,26)(H,24,25). The van der Waals surface area contributed by atoms with Crippen LogP contribution in [-0.4, -0.2) is 24.0 Å². The van der Waals surface area contributed by atoms with Crippen molar-refractivity contribution in [3.63, 3.8) is 0 Å². The van der Waals surface area contributed by atoms with E-state index in [9.17, 15) is 9.59 Å². The summed E-state index contributed by atoms with van der Waals surface area (Å²) >= 11 is 0. The predicted molar refractivity (Wildman–Crippen MR) is 111 cm³/mol. The van der Waals surface area contributed by atoms with Gasteiger partial charge in [0.15, 0.2) is 0 Å². The monoisotopic (exact) mass is 379 g/mol. The first kappa shape index (κ1) is 19.6. The molecule has 1 aromatic heterocycles. The molecule has 0 saturated heterocycles. The molecular weight excluding hydrogens is 354 g/mol. The number of fused-ring (bicyclic) bond motifs is 1. The highest BCUT2D eigenvalue weighted by Crippen LogP contribution is 2.11. The zero-order valence-electron chi connectivity index (χ0n) is 16.0. The molecule has 6 heteroatoms. The van der Waals surface area contributed by atoms with Crippen LogP contribution in [0.5, 0.6) is 0 Å². The molecule has 0 saturated carbocycles. The third-order valence-corrected chi connectivity index (χ3v) is 4.51. The molecule has 0 aliphatic rings. The van der Waals surface area contributed by atoms with Crippen LogP contribution in [0.4, 0.5) is 6.01 Å². The third-order valence-electron chi connectivity index (χ3n) is 4.51. The fraction of sp³-hybridized carbons (Fsp3) is 0.318. The molecule has 0 fully saturated rings. The van der Waals surface area contributed by atoms with E-state index in [-0.39, 0.29) is 11.9 Å². The molecule has 1 heterocycles. The number of anilines is 1. The Balaban J connectivity index is 1.51. The van der Waals surface area contributed by atoms with Gasteiger partial charge in [0.2, 0.25) is 0 Å². The predicted octanol–water partition coefficient (Wildman–Crippen LogP) is 3.76. The Labute approximate surface area is 164 Å². The topological polar surface area (TPSA) is 84.2 Å². The second kappa shape index (κ2) is 9.69. The first-order valence-corrected chi connectivity index (χ1v) is 9.68. The maximum absolute atomic E-state index is 12.1. The SMILES string of the molecule is CCCCCNC(=O)c1ccc(CCNc2nc3ccccc3c(=O)o2)cc1. The lowest BCUT2D eigenvalue weighted by molar-refractivity contribution is 0.0953. The second-order valence-corrected chi connectivity index (χ2v) is 6.66. The van der Waals surface area contributed by atoms with Crippen LogP contribution in [0.25, 0.3) is 10.9 Å². The molecule has 0 aliphatic heterocycles. The van der Waals surface area contributed by atoms with Crippen LogP contribution in [-0.2, 0) is 6.42 Å². The lowest BCUT2D eigenvalue weighted by Crippen LogP contribution is -2.24. The minimum absolute atomic E-state index is 0.0390. The number of hydrogen-bond acceptors (Lipinski definition) is 5. The molecule has 0 bridgehead atoms. The molecule has 6 nitrogen and oxygen atoms in total. The van der Waals surface area contributed by atoms with Gasteiger partial charge in [-0.05, 0) is 42.7 Å². The van der Waals surface area contributed by atoms with E-state index in [1.165, 1.54) is 0 Å². The Morgan fingerprint density at radius 1 is 1.04 bits per heavy atom. The Hall–Kier alpha value is -3.15. The van der Waals surface area contributed by atoms with E-state index in [1.807, 2.05) is 30.3 Å². The Kier molecular flexibility index (Phi) is 6.78. The van der Waals surface area contributed by atoms with Gasteiger partial charge >= 0.3 is 5.63 Å². The maximum atomic E-state index is 12.1. The van der Waals surface area contributed by atoms with Crippen LogP contribution in [0.1, 0.15) is 42.1 Å². The van der Waals surface area contributed by atoms with Crippen molar-refractivity contribution in [2.45, 2.75) is 32.6 Å². The van der Waals surface area contributed by atoms with Crippen LogP contribution in [0.2, 0.25) is 0 Å². The average molecular weight is 379 g/mol. The first-order chi connectivity index (χ1) is 13.7. The highest BCUT2D eigenvalue weighted by molar-refractivity contribution is 5.94. The summed E-state index contributed by atoms with van der Waals surface area (Å²) < 4.78 is 5.20. The molecule has 0 radical (unpaired) electrons. The normalized spacial score (nSPS) is 10.8. The zero-order valence-corrected chi connectivity index (χ0v) is 16.0. The van der Waals surface area contributed by atoms with Gasteiger partial charge in [-0.2, -0.15) is 4.98 Å². The molecule has 2 aromatic carbocycles. The van der Waals surface area contributed by atoms with Gasteiger partial charge in [-0.1, -0.05) is 44.0 Å². The van der Waals surface area contributed by atoms with Crippen molar-refractivity contribution in [1.82, 2.24) is 10.3 Å². The van der Waals surface area contributed by atoms with E-state index in [2.05, 4.69) is 22.5 Å². The summed E-state index contributed by atoms with van der Waals surface area (Å²) in [7, 11) is 0. The van der Waals surface area contributed by atoms with Gasteiger partial charge in [0, 0.05) is 18.7 Å². The summed E-state index contributed by atoms with van der Waals surface area (Å²) in [5.41, 5.74) is 1.95. The minimum atomic E-state index is -0.401. The van der Waals surface area contributed by atoms with Crippen molar-refractivity contribution in [3.8, 4) is 0 Å².